The molecule has 1 rings (SSSR count). The molecule has 0 unspecified atom stereocenters. The summed E-state index contributed by atoms with van der Waals surface area (Å²) in [4.78, 5) is 129. The van der Waals surface area contributed by atoms with E-state index >= 15 is 0 Å². The van der Waals surface area contributed by atoms with Crippen molar-refractivity contribution in [2.45, 2.75) is 0 Å². The summed E-state index contributed by atoms with van der Waals surface area (Å²) in [6.07, 6.45) is -3.69. The Morgan fingerprint density at radius 3 is 0.646 bits per heavy atom. The molecule has 0 saturated carbocycles. The van der Waals surface area contributed by atoms with Crippen molar-refractivity contribution >= 4 is 54.0 Å². The second-order valence-electron chi connectivity index (χ2n) is 10.8. The van der Waals surface area contributed by atoms with Gasteiger partial charge in [0.2, 0.25) is 23.6 Å². The van der Waals surface area contributed by atoms with Crippen LogP contribution >= 0.6 is 30.4 Å². The first kappa shape index (κ1) is 44.3. The second-order valence-corrected chi connectivity index (χ2v) is 17.4. The lowest BCUT2D eigenvalue weighted by Crippen LogP contribution is -2.51. The largest absolute Gasteiger partial charge is 0.344 e. The normalized spacial score (nSPS) is 17.5. The standard InChI is InChI=1S/C20H44N8O16P4/c29-17(21-13-45(33,34)35)9-25-1-2-26(10-18(30)22-14-46(36,37)38)5-6-28(12-20(32)24-16-48(42,43)44)8-7-27(4-3-25)11-19(31)23-15-47(39,40)41/h1-16H2,(H,21,29)(H,22,30)(H,23,31)(H,24,32)(H2,33,34,35)(H2,36,37,38)(H2,39,40,41)(H2,42,43,44). The quantitative estimate of drug-likeness (QED) is 0.0650. The number of hydrogen-bond acceptors (Lipinski definition) is 12. The van der Waals surface area contributed by atoms with Gasteiger partial charge in [0.1, 0.15) is 25.1 Å². The average Bonchev–Trinajstić information content (AvgIpc) is 2.92. The Morgan fingerprint density at radius 2 is 0.521 bits per heavy atom. The Balaban J connectivity index is 3.22. The topological polar surface area (TPSA) is 359 Å². The number of carbonyl (C=O) groups excluding carboxylic acids is 4. The van der Waals surface area contributed by atoms with Gasteiger partial charge in [0.25, 0.3) is 0 Å². The molecule has 0 bridgehead atoms. The third-order valence-corrected chi connectivity index (χ3v) is 8.61. The van der Waals surface area contributed by atoms with Gasteiger partial charge in [-0.25, -0.2) is 0 Å². The molecule has 4 amide bonds. The zero-order valence-electron chi connectivity index (χ0n) is 25.7. The highest BCUT2D eigenvalue weighted by Gasteiger charge is 2.24. The van der Waals surface area contributed by atoms with Crippen molar-refractivity contribution in [3.8, 4) is 0 Å². The molecule has 1 aliphatic rings. The Bertz CT molecular complexity index is 1080. The van der Waals surface area contributed by atoms with Gasteiger partial charge >= 0.3 is 30.4 Å². The van der Waals surface area contributed by atoms with Crippen molar-refractivity contribution < 1.29 is 76.6 Å². The Morgan fingerprint density at radius 1 is 0.375 bits per heavy atom. The van der Waals surface area contributed by atoms with Crippen LogP contribution in [-0.2, 0) is 37.4 Å². The maximum absolute atomic E-state index is 12.5. The lowest BCUT2D eigenvalue weighted by Gasteiger charge is -2.33. The van der Waals surface area contributed by atoms with E-state index in [9.17, 15) is 37.4 Å². The number of amides is 4. The third-order valence-electron chi connectivity index (χ3n) is 6.33. The van der Waals surface area contributed by atoms with E-state index in [4.69, 9.17) is 39.1 Å². The molecule has 48 heavy (non-hydrogen) atoms. The van der Waals surface area contributed by atoms with Crippen LogP contribution in [0.3, 0.4) is 0 Å². The minimum absolute atomic E-state index is 0.0517. The summed E-state index contributed by atoms with van der Waals surface area (Å²) in [5.41, 5.74) is 0. The molecule has 1 saturated heterocycles. The van der Waals surface area contributed by atoms with Gasteiger partial charge in [-0.2, -0.15) is 0 Å². The van der Waals surface area contributed by atoms with Gasteiger partial charge in [0.15, 0.2) is 0 Å². The molecule has 280 valence electrons. The van der Waals surface area contributed by atoms with Crippen LogP contribution in [0.1, 0.15) is 0 Å². The molecular weight excluding hydrogens is 732 g/mol. The molecule has 0 atom stereocenters. The summed E-state index contributed by atoms with van der Waals surface area (Å²) in [5.74, 6) is -3.02. The Labute approximate surface area is 275 Å². The SMILES string of the molecule is O=C(CN1CCN(CC(=O)NCP(=O)(O)O)CCN(CC(=O)NCP(=O)(O)O)CCN(CC(=O)NCP(=O)(O)O)CC1)NCP(=O)(O)O. The van der Waals surface area contributed by atoms with Crippen LogP contribution in [0, 0.1) is 0 Å². The average molecular weight is 777 g/mol. The third kappa shape index (κ3) is 24.5. The maximum atomic E-state index is 12.5. The van der Waals surface area contributed by atoms with Crippen LogP contribution in [0.4, 0.5) is 0 Å². The highest BCUT2D eigenvalue weighted by molar-refractivity contribution is 7.52. The van der Waals surface area contributed by atoms with E-state index < -0.39 is 79.2 Å². The Kier molecular flexibility index (Phi) is 18.7. The lowest BCUT2D eigenvalue weighted by atomic mass is 10.3. The first-order chi connectivity index (χ1) is 21.9. The lowest BCUT2D eigenvalue weighted by molar-refractivity contribution is -0.124. The fraction of sp³-hybridized carbons (Fsp3) is 0.800. The fourth-order valence-electron chi connectivity index (χ4n) is 4.01. The monoisotopic (exact) mass is 776 g/mol. The summed E-state index contributed by atoms with van der Waals surface area (Å²) in [6, 6.07) is 0. The van der Waals surface area contributed by atoms with E-state index in [1.807, 2.05) is 0 Å². The van der Waals surface area contributed by atoms with Crippen molar-refractivity contribution in [1.82, 2.24) is 40.9 Å². The summed E-state index contributed by atoms with van der Waals surface area (Å²) >= 11 is 0. The molecule has 0 radical (unpaired) electrons. The predicted octanol–water partition coefficient (Wildman–Crippen LogP) is -5.79. The summed E-state index contributed by atoms with van der Waals surface area (Å²) in [7, 11) is -18.3. The zero-order chi connectivity index (χ0) is 36.8. The predicted molar refractivity (Wildman–Crippen MR) is 166 cm³/mol. The molecule has 24 nitrogen and oxygen atoms in total. The number of hydrogen-bond donors (Lipinski definition) is 12. The first-order valence-corrected chi connectivity index (χ1v) is 21.2. The summed E-state index contributed by atoms with van der Waals surface area (Å²) in [6.45, 7) is -1.08. The maximum Gasteiger partial charge on any atom is 0.344 e. The number of rotatable bonds is 16. The van der Waals surface area contributed by atoms with Crippen molar-refractivity contribution in [3.05, 3.63) is 0 Å². The van der Waals surface area contributed by atoms with Crippen LogP contribution in [0.15, 0.2) is 0 Å². The summed E-state index contributed by atoms with van der Waals surface area (Å²) < 4.78 is 44.8. The van der Waals surface area contributed by atoms with Gasteiger partial charge in [-0.05, 0) is 0 Å². The fourth-order valence-corrected chi connectivity index (χ4v) is 5.54. The highest BCUT2D eigenvalue weighted by atomic mass is 31.2. The van der Waals surface area contributed by atoms with Gasteiger partial charge < -0.3 is 60.4 Å². The van der Waals surface area contributed by atoms with Crippen molar-refractivity contribution in [2.24, 2.45) is 0 Å². The molecule has 12 N–H and O–H groups in total. The van der Waals surface area contributed by atoms with E-state index in [1.54, 1.807) is 19.6 Å². The van der Waals surface area contributed by atoms with Crippen LogP contribution < -0.4 is 21.3 Å². The molecule has 1 aliphatic heterocycles. The molecule has 0 aromatic heterocycles. The molecule has 0 aromatic carbocycles. The molecule has 28 heteroatoms. The van der Waals surface area contributed by atoms with Gasteiger partial charge in [-0.15, -0.1) is 0 Å². The Hall–Kier alpha value is -1.68. The second kappa shape index (κ2) is 20.2. The number of nitrogens with zero attached hydrogens (tertiary/aromatic N) is 4. The molecular formula is C20H44N8O16P4. The molecule has 0 spiro atoms. The van der Waals surface area contributed by atoms with Gasteiger partial charge in [-0.3, -0.25) is 57.0 Å². The first-order valence-electron chi connectivity index (χ1n) is 14.0. The minimum Gasteiger partial charge on any atom is -0.343 e. The molecule has 0 aliphatic carbocycles. The van der Waals surface area contributed by atoms with Crippen LogP contribution in [0.2, 0.25) is 0 Å². The van der Waals surface area contributed by atoms with Crippen molar-refractivity contribution in [3.63, 3.8) is 0 Å². The van der Waals surface area contributed by atoms with E-state index in [-0.39, 0.29) is 78.5 Å². The van der Waals surface area contributed by atoms with E-state index in [0.717, 1.165) is 0 Å². The molecule has 0 aromatic rings. The van der Waals surface area contributed by atoms with Crippen molar-refractivity contribution in [2.75, 3.05) is 104 Å². The van der Waals surface area contributed by atoms with E-state index in [0.29, 0.717) is 0 Å². The summed E-state index contributed by atoms with van der Waals surface area (Å²) in [5, 5.41) is 8.43. The van der Waals surface area contributed by atoms with Gasteiger partial charge in [0.05, 0.1) is 26.2 Å². The van der Waals surface area contributed by atoms with Gasteiger partial charge in [0, 0.05) is 52.4 Å². The van der Waals surface area contributed by atoms with Gasteiger partial charge in [-0.1, -0.05) is 0 Å². The number of nitrogens with one attached hydrogen (secondary N) is 4. The minimum atomic E-state index is -4.57. The zero-order valence-corrected chi connectivity index (χ0v) is 29.3. The van der Waals surface area contributed by atoms with Crippen LogP contribution in [-0.4, -0.2) is 186 Å². The highest BCUT2D eigenvalue weighted by Crippen LogP contribution is 2.33. The molecule has 1 heterocycles. The smallest absolute Gasteiger partial charge is 0.343 e. The molecule has 1 fully saturated rings. The van der Waals surface area contributed by atoms with E-state index in [1.165, 1.54) is 0 Å². The van der Waals surface area contributed by atoms with Crippen LogP contribution in [0.25, 0.3) is 0 Å². The van der Waals surface area contributed by atoms with Crippen LogP contribution in [0.5, 0.6) is 0 Å². The van der Waals surface area contributed by atoms with Crippen molar-refractivity contribution in [1.29, 1.82) is 0 Å². The van der Waals surface area contributed by atoms with E-state index in [2.05, 4.69) is 21.3 Å². The number of carbonyl (C=O) groups is 4.